The van der Waals surface area contributed by atoms with E-state index in [2.05, 4.69) is 5.32 Å². The predicted octanol–water partition coefficient (Wildman–Crippen LogP) is 3.23. The van der Waals surface area contributed by atoms with Gasteiger partial charge in [-0.3, -0.25) is 5.32 Å². The average Bonchev–Trinajstić information content (AvgIpc) is 2.76. The van der Waals surface area contributed by atoms with Gasteiger partial charge in [0.1, 0.15) is 11.1 Å². The fraction of sp³-hybridized carbons (Fsp3) is 0.500. The summed E-state index contributed by atoms with van der Waals surface area (Å²) in [6.45, 7) is 5.16. The fourth-order valence-corrected chi connectivity index (χ4v) is 1.99. The lowest BCUT2D eigenvalue weighted by molar-refractivity contribution is 0.0634. The summed E-state index contributed by atoms with van der Waals surface area (Å²) >= 11 is 0. The van der Waals surface area contributed by atoms with Gasteiger partial charge < -0.3 is 10.5 Å². The maximum atomic E-state index is 13.4. The number of halogens is 2. The molecule has 0 heterocycles. The van der Waals surface area contributed by atoms with Crippen LogP contribution in [-0.2, 0) is 10.3 Å². The molecule has 3 N–H and O–H groups in total. The molecule has 1 unspecified atom stereocenters. The van der Waals surface area contributed by atoms with Crippen LogP contribution < -0.4 is 11.1 Å². The highest BCUT2D eigenvalue weighted by Gasteiger charge is 2.70. The molecule has 6 heteroatoms. The summed E-state index contributed by atoms with van der Waals surface area (Å²) in [5.41, 5.74) is 3.80. The van der Waals surface area contributed by atoms with Crippen molar-refractivity contribution in [2.75, 3.05) is 5.32 Å². The second-order valence-electron chi connectivity index (χ2n) is 6.03. The zero-order valence-electron chi connectivity index (χ0n) is 11.7. The molecule has 1 saturated carbocycles. The molecule has 1 fully saturated rings. The molecular weight excluding hydrogens is 266 g/mol. The number of ether oxygens (including phenoxy) is 1. The number of hydrogen-bond donors (Lipinski definition) is 2. The Bertz CT molecular complexity index is 540. The Morgan fingerprint density at radius 2 is 1.90 bits per heavy atom. The van der Waals surface area contributed by atoms with E-state index >= 15 is 0 Å². The summed E-state index contributed by atoms with van der Waals surface area (Å²) in [5.74, 6) is -2.95. The molecule has 2 rings (SSSR count). The minimum Gasteiger partial charge on any atom is -0.444 e. The van der Waals surface area contributed by atoms with Gasteiger partial charge in [-0.15, -0.1) is 0 Å². The first-order chi connectivity index (χ1) is 9.05. The average molecular weight is 284 g/mol. The maximum Gasteiger partial charge on any atom is 0.412 e. The highest BCUT2D eigenvalue weighted by Crippen LogP contribution is 2.58. The van der Waals surface area contributed by atoms with Crippen molar-refractivity contribution in [2.45, 2.75) is 44.3 Å². The largest absolute Gasteiger partial charge is 0.444 e. The van der Waals surface area contributed by atoms with E-state index < -0.39 is 29.6 Å². The molecule has 0 aliphatic heterocycles. The topological polar surface area (TPSA) is 64.3 Å². The van der Waals surface area contributed by atoms with Crippen LogP contribution in [0.3, 0.4) is 0 Å². The van der Waals surface area contributed by atoms with Crippen LogP contribution in [0.15, 0.2) is 24.3 Å². The Hall–Kier alpha value is -1.69. The lowest BCUT2D eigenvalue weighted by atomic mass is 10.0. The number of hydrogen-bond acceptors (Lipinski definition) is 3. The van der Waals surface area contributed by atoms with E-state index in [4.69, 9.17) is 10.5 Å². The molecule has 1 aliphatic rings. The van der Waals surface area contributed by atoms with Crippen molar-refractivity contribution >= 4 is 11.8 Å². The smallest absolute Gasteiger partial charge is 0.412 e. The highest BCUT2D eigenvalue weighted by molar-refractivity contribution is 5.86. The van der Waals surface area contributed by atoms with E-state index in [1.165, 1.54) is 12.1 Å². The van der Waals surface area contributed by atoms with Crippen LogP contribution in [0.1, 0.15) is 32.8 Å². The van der Waals surface area contributed by atoms with Crippen molar-refractivity contribution in [3.63, 3.8) is 0 Å². The van der Waals surface area contributed by atoms with Gasteiger partial charge in [-0.05, 0) is 26.8 Å². The molecule has 0 radical (unpaired) electrons. The molecule has 1 aromatic rings. The van der Waals surface area contributed by atoms with Gasteiger partial charge in [0, 0.05) is 17.7 Å². The SMILES string of the molecule is CC(C)(C)OC(=O)Nc1ccccc1C1(N)CC1(F)F. The Balaban J connectivity index is 2.20. The molecule has 0 aromatic heterocycles. The summed E-state index contributed by atoms with van der Waals surface area (Å²) in [7, 11) is 0. The van der Waals surface area contributed by atoms with E-state index in [1.807, 2.05) is 0 Å². The normalized spacial score (nSPS) is 24.1. The molecule has 0 spiro atoms. The van der Waals surface area contributed by atoms with Gasteiger partial charge in [0.15, 0.2) is 0 Å². The fourth-order valence-electron chi connectivity index (χ4n) is 1.99. The lowest BCUT2D eigenvalue weighted by Gasteiger charge is -2.21. The minimum absolute atomic E-state index is 0.218. The molecule has 20 heavy (non-hydrogen) atoms. The quantitative estimate of drug-likeness (QED) is 0.876. The second-order valence-corrected chi connectivity index (χ2v) is 6.03. The van der Waals surface area contributed by atoms with Crippen LogP contribution in [-0.4, -0.2) is 17.6 Å². The van der Waals surface area contributed by atoms with Crippen LogP contribution in [0.4, 0.5) is 19.3 Å². The zero-order valence-corrected chi connectivity index (χ0v) is 11.7. The molecule has 0 saturated heterocycles. The molecule has 1 atom stereocenters. The molecule has 0 bridgehead atoms. The third kappa shape index (κ3) is 2.75. The maximum absolute atomic E-state index is 13.4. The van der Waals surface area contributed by atoms with E-state index in [1.54, 1.807) is 32.9 Å². The van der Waals surface area contributed by atoms with Gasteiger partial charge in [-0.1, -0.05) is 18.2 Å². The zero-order chi connectivity index (χ0) is 15.2. The Kier molecular flexibility index (Phi) is 3.25. The highest BCUT2D eigenvalue weighted by atomic mass is 19.3. The van der Waals surface area contributed by atoms with Crippen molar-refractivity contribution in [1.29, 1.82) is 0 Å². The number of para-hydroxylation sites is 1. The Labute approximate surface area is 116 Å². The number of amides is 1. The van der Waals surface area contributed by atoms with Crippen molar-refractivity contribution in [3.8, 4) is 0 Å². The summed E-state index contributed by atoms with van der Waals surface area (Å²) < 4.78 is 31.9. The van der Waals surface area contributed by atoms with Crippen LogP contribution in [0, 0.1) is 0 Å². The number of nitrogens with two attached hydrogens (primary N) is 1. The number of alkyl halides is 2. The van der Waals surface area contributed by atoms with E-state index in [0.717, 1.165) is 0 Å². The molecule has 4 nitrogen and oxygen atoms in total. The van der Waals surface area contributed by atoms with Crippen LogP contribution in [0.5, 0.6) is 0 Å². The lowest BCUT2D eigenvalue weighted by Crippen LogP contribution is -2.31. The first-order valence-electron chi connectivity index (χ1n) is 6.31. The number of carbonyl (C=O) groups excluding carboxylic acids is 1. The molecule has 1 aromatic carbocycles. The van der Waals surface area contributed by atoms with E-state index in [0.29, 0.717) is 0 Å². The van der Waals surface area contributed by atoms with Gasteiger partial charge >= 0.3 is 6.09 Å². The van der Waals surface area contributed by atoms with E-state index in [9.17, 15) is 13.6 Å². The van der Waals surface area contributed by atoms with E-state index in [-0.39, 0.29) is 11.3 Å². The number of carbonyl (C=O) groups is 1. The number of anilines is 1. The van der Waals surface area contributed by atoms with Crippen molar-refractivity contribution in [2.24, 2.45) is 5.73 Å². The van der Waals surface area contributed by atoms with Gasteiger partial charge in [0.2, 0.25) is 0 Å². The number of benzene rings is 1. The third-order valence-corrected chi connectivity index (χ3v) is 3.07. The Morgan fingerprint density at radius 3 is 2.40 bits per heavy atom. The summed E-state index contributed by atoms with van der Waals surface area (Å²) in [4.78, 5) is 11.7. The van der Waals surface area contributed by atoms with Crippen LogP contribution in [0.2, 0.25) is 0 Å². The van der Waals surface area contributed by atoms with Gasteiger partial charge in [-0.25, -0.2) is 13.6 Å². The van der Waals surface area contributed by atoms with Crippen molar-refractivity contribution in [3.05, 3.63) is 29.8 Å². The predicted molar refractivity (Wildman–Crippen MR) is 71.7 cm³/mol. The summed E-state index contributed by atoms with van der Waals surface area (Å²) in [5, 5.41) is 2.48. The van der Waals surface area contributed by atoms with Gasteiger partial charge in [-0.2, -0.15) is 0 Å². The number of rotatable bonds is 2. The van der Waals surface area contributed by atoms with Crippen molar-refractivity contribution < 1.29 is 18.3 Å². The molecule has 1 amide bonds. The van der Waals surface area contributed by atoms with Gasteiger partial charge in [0.05, 0.1) is 0 Å². The van der Waals surface area contributed by atoms with Crippen molar-refractivity contribution in [1.82, 2.24) is 0 Å². The monoisotopic (exact) mass is 284 g/mol. The Morgan fingerprint density at radius 1 is 1.35 bits per heavy atom. The summed E-state index contributed by atoms with van der Waals surface area (Å²) in [6, 6.07) is 6.27. The summed E-state index contributed by atoms with van der Waals surface area (Å²) in [6.07, 6.45) is -1.12. The van der Waals surface area contributed by atoms with Crippen LogP contribution >= 0.6 is 0 Å². The first kappa shape index (κ1) is 14.7. The molecular formula is C14H18F2N2O2. The molecule has 110 valence electrons. The standard InChI is InChI=1S/C14H18F2N2O2/c1-12(2,3)20-11(19)18-10-7-5-4-6-9(10)13(17)8-14(13,15)16/h4-7H,8,17H2,1-3H3,(H,18,19). The van der Waals surface area contributed by atoms with Crippen LogP contribution in [0.25, 0.3) is 0 Å². The minimum atomic E-state index is -2.95. The van der Waals surface area contributed by atoms with Gasteiger partial charge in [0.25, 0.3) is 5.92 Å². The molecule has 1 aliphatic carbocycles. The first-order valence-corrected chi connectivity index (χ1v) is 6.31. The third-order valence-electron chi connectivity index (χ3n) is 3.07. The number of nitrogens with one attached hydrogen (secondary N) is 1. The second kappa shape index (κ2) is 4.41.